The second-order valence-corrected chi connectivity index (χ2v) is 7.56. The normalized spacial score (nSPS) is 18.7. The summed E-state index contributed by atoms with van der Waals surface area (Å²) in [5, 5.41) is 8.86. The number of rotatable bonds is 5. The van der Waals surface area contributed by atoms with Crippen LogP contribution >= 0.6 is 11.8 Å². The van der Waals surface area contributed by atoms with Crippen molar-refractivity contribution in [2.75, 3.05) is 52.5 Å². The second-order valence-electron chi connectivity index (χ2n) is 6.48. The molecule has 5 nitrogen and oxygen atoms in total. The van der Waals surface area contributed by atoms with Crippen LogP contribution in [0.15, 0.2) is 63.3 Å². The van der Waals surface area contributed by atoms with Crippen molar-refractivity contribution in [1.29, 1.82) is 0 Å². The smallest absolute Gasteiger partial charge is 0.137 e. The lowest BCUT2D eigenvalue weighted by atomic mass is 10.1. The average Bonchev–Trinajstić information content (AvgIpc) is 2.89. The average molecular weight is 386 g/mol. The molecule has 0 aromatic heterocycles. The molecule has 0 radical (unpaired) electrons. The van der Waals surface area contributed by atoms with Gasteiger partial charge < -0.3 is 14.7 Å². The van der Waals surface area contributed by atoms with Gasteiger partial charge in [0.1, 0.15) is 5.84 Å². The first-order chi connectivity index (χ1) is 14.1. The third kappa shape index (κ3) is 4.35. The van der Waals surface area contributed by atoms with Gasteiger partial charge in [-0.1, -0.05) is 42.1 Å². The molecule has 1 fully saturated rings. The van der Waals surface area contributed by atoms with E-state index in [0.717, 1.165) is 48.2 Å². The first-order valence-electron chi connectivity index (χ1n) is 10.2. The number of para-hydroxylation sites is 1. The van der Waals surface area contributed by atoms with Gasteiger partial charge in [0, 0.05) is 48.1 Å². The predicted molar refractivity (Wildman–Crippen MR) is 109 cm³/mol. The van der Waals surface area contributed by atoms with Crippen LogP contribution in [0.25, 0.3) is 0 Å². The van der Waals surface area contributed by atoms with Gasteiger partial charge in [0.25, 0.3) is 0 Å². The van der Waals surface area contributed by atoms with E-state index in [1.165, 1.54) is 4.90 Å². The fourth-order valence-electron chi connectivity index (χ4n) is 3.28. The summed E-state index contributed by atoms with van der Waals surface area (Å²) in [5.41, 5.74) is 2.13. The van der Waals surface area contributed by atoms with Crippen LogP contribution in [0, 0.1) is 0 Å². The molecule has 4 rings (SSSR count). The largest absolute Gasteiger partial charge is 0.394 e. The molecule has 0 spiro atoms. The number of nitrogens with zero attached hydrogens (tertiary/aromatic N) is 3. The van der Waals surface area contributed by atoms with Crippen molar-refractivity contribution in [2.45, 2.75) is 9.79 Å². The zero-order chi connectivity index (χ0) is 20.3. The molecule has 2 aliphatic heterocycles. The Kier molecular flexibility index (Phi) is 5.31. The second kappa shape index (κ2) is 8.89. The first kappa shape index (κ1) is 16.1. The number of aliphatic hydroxyl groups excluding tert-OH is 1. The van der Waals surface area contributed by atoms with Gasteiger partial charge in [-0.3, -0.25) is 4.90 Å². The summed E-state index contributed by atoms with van der Waals surface area (Å²) < 4.78 is 21.1. The van der Waals surface area contributed by atoms with Crippen LogP contribution < -0.4 is 0 Å². The summed E-state index contributed by atoms with van der Waals surface area (Å²) in [6, 6.07) is 16.6. The van der Waals surface area contributed by atoms with Crippen LogP contribution in [0.1, 0.15) is 8.30 Å². The van der Waals surface area contributed by atoms with Crippen LogP contribution in [-0.2, 0) is 4.74 Å². The quantitative estimate of drug-likeness (QED) is 0.858. The SMILES string of the molecule is [2H]C([2H])(CN1CCN(C2=Nc3ccccc3Sc3ccccc32)CC1)OCCO. The molecule has 142 valence electrons. The summed E-state index contributed by atoms with van der Waals surface area (Å²) in [4.78, 5) is 11.7. The minimum Gasteiger partial charge on any atom is -0.394 e. The molecular formula is C21H25N3O2S. The van der Waals surface area contributed by atoms with Gasteiger partial charge in [0.05, 0.1) is 28.2 Å². The molecular weight excluding hydrogens is 358 g/mol. The monoisotopic (exact) mass is 385 g/mol. The number of hydrogen-bond donors (Lipinski definition) is 1. The maximum absolute atomic E-state index is 8.86. The number of piperazine rings is 1. The maximum atomic E-state index is 8.86. The fraction of sp³-hybridized carbons (Fsp3) is 0.381. The van der Waals surface area contributed by atoms with Crippen LogP contribution in [0.2, 0.25) is 0 Å². The Labute approximate surface area is 167 Å². The van der Waals surface area contributed by atoms with Crippen molar-refractivity contribution < 1.29 is 12.6 Å². The van der Waals surface area contributed by atoms with E-state index < -0.39 is 6.56 Å². The van der Waals surface area contributed by atoms with E-state index in [-0.39, 0.29) is 19.8 Å². The van der Waals surface area contributed by atoms with Crippen molar-refractivity contribution in [1.82, 2.24) is 9.80 Å². The molecule has 1 N–H and O–H groups in total. The Bertz CT molecular complexity index is 886. The van der Waals surface area contributed by atoms with Gasteiger partial charge in [0.2, 0.25) is 0 Å². The van der Waals surface area contributed by atoms with Crippen LogP contribution in [0.3, 0.4) is 0 Å². The van der Waals surface area contributed by atoms with E-state index in [1.807, 2.05) is 18.2 Å². The molecule has 0 bridgehead atoms. The Morgan fingerprint density at radius 1 is 1.04 bits per heavy atom. The van der Waals surface area contributed by atoms with E-state index in [9.17, 15) is 0 Å². The number of hydrogen-bond acceptors (Lipinski definition) is 6. The highest BCUT2D eigenvalue weighted by Crippen LogP contribution is 2.40. The highest BCUT2D eigenvalue weighted by molar-refractivity contribution is 7.99. The van der Waals surface area contributed by atoms with E-state index in [1.54, 1.807) is 11.8 Å². The molecule has 0 aliphatic carbocycles. The summed E-state index contributed by atoms with van der Waals surface area (Å²) >= 11 is 1.75. The minimum atomic E-state index is -1.76. The Hall–Kier alpha value is -1.86. The Balaban J connectivity index is 1.51. The first-order valence-corrected chi connectivity index (χ1v) is 10.0. The molecule has 2 aromatic carbocycles. The van der Waals surface area contributed by atoms with Crippen LogP contribution in [0.5, 0.6) is 0 Å². The van der Waals surface area contributed by atoms with E-state index >= 15 is 0 Å². The highest BCUT2D eigenvalue weighted by atomic mass is 32.2. The number of aliphatic hydroxyl groups is 1. The zero-order valence-corrected chi connectivity index (χ0v) is 16.0. The van der Waals surface area contributed by atoms with Gasteiger partial charge in [-0.05, 0) is 18.2 Å². The van der Waals surface area contributed by atoms with Crippen LogP contribution in [-0.4, -0.2) is 73.2 Å². The molecule has 2 aliphatic rings. The van der Waals surface area contributed by atoms with Crippen molar-refractivity contribution in [3.63, 3.8) is 0 Å². The van der Waals surface area contributed by atoms with Crippen molar-refractivity contribution in [3.05, 3.63) is 54.1 Å². The molecule has 2 aromatic rings. The number of amidine groups is 1. The van der Waals surface area contributed by atoms with Crippen molar-refractivity contribution in [2.24, 2.45) is 4.99 Å². The summed E-state index contributed by atoms with van der Waals surface area (Å²) in [6.45, 7) is 1.29. The van der Waals surface area contributed by atoms with E-state index in [4.69, 9.17) is 17.6 Å². The standard InChI is InChI=1S/C21H25N3O2S/c25-14-16-26-15-13-23-9-11-24(12-10-23)21-17-5-1-3-7-19(17)27-20-8-4-2-6-18(20)22-21/h1-8,25H,9-16H2/i15D2. The highest BCUT2D eigenvalue weighted by Gasteiger charge is 2.24. The van der Waals surface area contributed by atoms with E-state index in [2.05, 4.69) is 40.1 Å². The van der Waals surface area contributed by atoms with Gasteiger partial charge in [-0.25, -0.2) is 4.99 Å². The number of ether oxygens (including phenoxy) is 1. The lowest BCUT2D eigenvalue weighted by molar-refractivity contribution is 0.0652. The fourth-order valence-corrected chi connectivity index (χ4v) is 4.30. The van der Waals surface area contributed by atoms with Crippen LogP contribution in [0.4, 0.5) is 5.69 Å². The summed E-state index contributed by atoms with van der Waals surface area (Å²) in [5.74, 6) is 0.984. The topological polar surface area (TPSA) is 48.3 Å². The third-order valence-corrected chi connectivity index (χ3v) is 5.84. The zero-order valence-electron chi connectivity index (χ0n) is 17.2. The molecule has 0 atom stereocenters. The molecule has 2 heterocycles. The molecule has 0 amide bonds. The lowest BCUT2D eigenvalue weighted by Crippen LogP contribution is -2.49. The molecule has 0 saturated carbocycles. The molecule has 0 unspecified atom stereocenters. The van der Waals surface area contributed by atoms with Gasteiger partial charge in [-0.2, -0.15) is 0 Å². The summed E-state index contributed by atoms with van der Waals surface area (Å²) in [7, 11) is 0. The van der Waals surface area contributed by atoms with Crippen molar-refractivity contribution >= 4 is 23.3 Å². The third-order valence-electron chi connectivity index (χ3n) is 4.69. The van der Waals surface area contributed by atoms with E-state index in [0.29, 0.717) is 0 Å². The Morgan fingerprint density at radius 2 is 1.78 bits per heavy atom. The summed E-state index contributed by atoms with van der Waals surface area (Å²) in [6.07, 6.45) is 0. The van der Waals surface area contributed by atoms with Gasteiger partial charge >= 0.3 is 0 Å². The molecule has 27 heavy (non-hydrogen) atoms. The number of fused-ring (bicyclic) bond motifs is 2. The lowest BCUT2D eigenvalue weighted by Gasteiger charge is -2.36. The number of benzene rings is 2. The minimum absolute atomic E-state index is 0.0115. The Morgan fingerprint density at radius 3 is 2.59 bits per heavy atom. The molecule has 1 saturated heterocycles. The predicted octanol–water partition coefficient (Wildman–Crippen LogP) is 2.86. The van der Waals surface area contributed by atoms with Gasteiger partial charge in [0.15, 0.2) is 0 Å². The van der Waals surface area contributed by atoms with Gasteiger partial charge in [-0.15, -0.1) is 0 Å². The maximum Gasteiger partial charge on any atom is 0.137 e. The number of aliphatic imine (C=N–C) groups is 1. The molecule has 6 heteroatoms. The van der Waals surface area contributed by atoms with Crippen molar-refractivity contribution in [3.8, 4) is 0 Å².